The fourth-order valence-electron chi connectivity index (χ4n) is 2.21. The van der Waals surface area contributed by atoms with Gasteiger partial charge in [0.25, 0.3) is 0 Å². The number of pyridine rings is 1. The second-order valence-corrected chi connectivity index (χ2v) is 5.17. The Bertz CT molecular complexity index is 459. The van der Waals surface area contributed by atoms with Crippen molar-refractivity contribution < 1.29 is 14.3 Å². The monoisotopic (exact) mass is 328 g/mol. The van der Waals surface area contributed by atoms with Crippen LogP contribution in [0.2, 0.25) is 0 Å². The predicted octanol–water partition coefficient (Wildman–Crippen LogP) is 2.25. The van der Waals surface area contributed by atoms with Gasteiger partial charge in [0, 0.05) is 20.2 Å². The molecular weight excluding hydrogens is 312 g/mol. The van der Waals surface area contributed by atoms with Gasteiger partial charge in [0.15, 0.2) is 0 Å². The summed E-state index contributed by atoms with van der Waals surface area (Å²) in [6.45, 7) is 1.85. The number of carbonyl (C=O) groups excluding carboxylic acids is 1. The van der Waals surface area contributed by atoms with E-state index in [9.17, 15) is 4.79 Å². The molecule has 104 valence electrons. The van der Waals surface area contributed by atoms with E-state index < -0.39 is 5.97 Å². The second-order valence-electron chi connectivity index (χ2n) is 4.42. The Labute approximate surface area is 121 Å². The van der Waals surface area contributed by atoms with Gasteiger partial charge in [-0.3, -0.25) is 0 Å². The molecule has 1 fully saturated rings. The summed E-state index contributed by atoms with van der Waals surface area (Å²) in [6, 6.07) is 3.59. The van der Waals surface area contributed by atoms with Crippen molar-refractivity contribution in [2.75, 3.05) is 32.2 Å². The third kappa shape index (κ3) is 3.25. The topological polar surface area (TPSA) is 51.7 Å². The van der Waals surface area contributed by atoms with Crippen molar-refractivity contribution in [3.05, 3.63) is 22.4 Å². The van der Waals surface area contributed by atoms with Gasteiger partial charge in [-0.05, 0) is 40.9 Å². The summed E-state index contributed by atoms with van der Waals surface area (Å²) < 4.78 is 10.7. The first-order valence-electron chi connectivity index (χ1n) is 6.18. The van der Waals surface area contributed by atoms with Crippen molar-refractivity contribution in [3.63, 3.8) is 0 Å². The van der Waals surface area contributed by atoms with E-state index in [0.29, 0.717) is 16.4 Å². The van der Waals surface area contributed by atoms with Crippen LogP contribution < -0.4 is 4.90 Å². The number of nitrogens with zero attached hydrogens (tertiary/aromatic N) is 2. The smallest absolute Gasteiger partial charge is 0.356 e. The molecule has 0 atom stereocenters. The van der Waals surface area contributed by atoms with Crippen LogP contribution in [0.1, 0.15) is 23.3 Å². The van der Waals surface area contributed by atoms with Gasteiger partial charge in [-0.2, -0.15) is 0 Å². The quantitative estimate of drug-likeness (QED) is 0.629. The Morgan fingerprint density at radius 3 is 2.58 bits per heavy atom. The minimum absolute atomic E-state index is 0.310. The van der Waals surface area contributed by atoms with Crippen LogP contribution >= 0.6 is 15.9 Å². The minimum atomic E-state index is -0.426. The number of piperidine rings is 1. The summed E-state index contributed by atoms with van der Waals surface area (Å²) in [5.74, 6) is -0.426. The van der Waals surface area contributed by atoms with Gasteiger partial charge in [0.05, 0.1) is 18.9 Å². The average Bonchev–Trinajstić information content (AvgIpc) is 2.46. The summed E-state index contributed by atoms with van der Waals surface area (Å²) in [6.07, 6.45) is 2.35. The van der Waals surface area contributed by atoms with Crippen LogP contribution in [0.25, 0.3) is 0 Å². The highest BCUT2D eigenvalue weighted by atomic mass is 79.9. The predicted molar refractivity (Wildman–Crippen MR) is 75.5 cm³/mol. The van der Waals surface area contributed by atoms with Crippen LogP contribution in [0, 0.1) is 0 Å². The molecule has 0 unspecified atom stereocenters. The third-order valence-corrected chi connectivity index (χ3v) is 3.92. The molecule has 0 amide bonds. The van der Waals surface area contributed by atoms with E-state index in [1.807, 2.05) is 6.07 Å². The number of hydrogen-bond donors (Lipinski definition) is 0. The number of hydrogen-bond acceptors (Lipinski definition) is 5. The molecule has 5 nitrogen and oxygen atoms in total. The number of rotatable bonds is 3. The minimum Gasteiger partial charge on any atom is -0.464 e. The molecule has 1 aliphatic rings. The lowest BCUT2D eigenvalue weighted by Crippen LogP contribution is -2.36. The average molecular weight is 329 g/mol. The van der Waals surface area contributed by atoms with Crippen LogP contribution in [0.5, 0.6) is 0 Å². The van der Waals surface area contributed by atoms with Crippen molar-refractivity contribution in [3.8, 4) is 0 Å². The standard InChI is InChI=1S/C13H17BrN2O3/c1-18-9-5-7-16(8-6-9)11-4-3-10(13(17)19-2)15-12(11)14/h3-4,9H,5-8H2,1-2H3. The van der Waals surface area contributed by atoms with Crippen molar-refractivity contribution >= 4 is 27.6 Å². The Morgan fingerprint density at radius 1 is 1.37 bits per heavy atom. The van der Waals surface area contributed by atoms with Gasteiger partial charge in [-0.1, -0.05) is 0 Å². The summed E-state index contributed by atoms with van der Waals surface area (Å²) in [4.78, 5) is 17.9. The lowest BCUT2D eigenvalue weighted by molar-refractivity contribution is 0.0594. The molecule has 0 saturated carbocycles. The Balaban J connectivity index is 2.11. The number of ether oxygens (including phenoxy) is 2. The molecule has 0 aliphatic carbocycles. The molecule has 2 rings (SSSR count). The number of carbonyl (C=O) groups is 1. The zero-order valence-corrected chi connectivity index (χ0v) is 12.6. The lowest BCUT2D eigenvalue weighted by Gasteiger charge is -2.33. The van der Waals surface area contributed by atoms with Crippen molar-refractivity contribution in [2.45, 2.75) is 18.9 Å². The van der Waals surface area contributed by atoms with E-state index in [-0.39, 0.29) is 0 Å². The highest BCUT2D eigenvalue weighted by molar-refractivity contribution is 9.10. The van der Waals surface area contributed by atoms with E-state index in [4.69, 9.17) is 4.74 Å². The van der Waals surface area contributed by atoms with Gasteiger partial charge < -0.3 is 14.4 Å². The molecule has 2 heterocycles. The van der Waals surface area contributed by atoms with Crippen LogP contribution in [0.15, 0.2) is 16.7 Å². The van der Waals surface area contributed by atoms with Gasteiger partial charge in [0.1, 0.15) is 10.3 Å². The van der Waals surface area contributed by atoms with E-state index in [1.54, 1.807) is 13.2 Å². The molecule has 1 aromatic heterocycles. The highest BCUT2D eigenvalue weighted by Crippen LogP contribution is 2.28. The zero-order chi connectivity index (χ0) is 13.8. The maximum absolute atomic E-state index is 11.4. The van der Waals surface area contributed by atoms with Crippen LogP contribution in [-0.2, 0) is 9.47 Å². The number of aromatic nitrogens is 1. The van der Waals surface area contributed by atoms with Gasteiger partial charge in [0.2, 0.25) is 0 Å². The van der Waals surface area contributed by atoms with E-state index >= 15 is 0 Å². The molecular formula is C13H17BrN2O3. The molecule has 0 bridgehead atoms. The first-order chi connectivity index (χ1) is 9.15. The Morgan fingerprint density at radius 2 is 2.05 bits per heavy atom. The summed E-state index contributed by atoms with van der Waals surface area (Å²) in [7, 11) is 3.10. The zero-order valence-electron chi connectivity index (χ0n) is 11.1. The molecule has 0 spiro atoms. The van der Waals surface area contributed by atoms with Crippen molar-refractivity contribution in [1.29, 1.82) is 0 Å². The van der Waals surface area contributed by atoms with Crippen LogP contribution in [0.4, 0.5) is 5.69 Å². The highest BCUT2D eigenvalue weighted by Gasteiger charge is 2.21. The normalized spacial score (nSPS) is 16.5. The molecule has 1 aliphatic heterocycles. The van der Waals surface area contributed by atoms with Gasteiger partial charge in [-0.15, -0.1) is 0 Å². The number of anilines is 1. The number of methoxy groups -OCH3 is 2. The van der Waals surface area contributed by atoms with Gasteiger partial charge in [-0.25, -0.2) is 9.78 Å². The third-order valence-electron chi connectivity index (χ3n) is 3.34. The molecule has 1 saturated heterocycles. The maximum atomic E-state index is 11.4. The first kappa shape index (κ1) is 14.3. The molecule has 0 radical (unpaired) electrons. The van der Waals surface area contributed by atoms with E-state index in [0.717, 1.165) is 31.6 Å². The van der Waals surface area contributed by atoms with Crippen molar-refractivity contribution in [2.24, 2.45) is 0 Å². The Hall–Kier alpha value is -1.14. The molecule has 19 heavy (non-hydrogen) atoms. The first-order valence-corrected chi connectivity index (χ1v) is 6.97. The summed E-state index contributed by atoms with van der Waals surface area (Å²) in [5, 5.41) is 0. The summed E-state index contributed by atoms with van der Waals surface area (Å²) in [5.41, 5.74) is 1.31. The van der Waals surface area contributed by atoms with E-state index in [1.165, 1.54) is 7.11 Å². The van der Waals surface area contributed by atoms with Crippen LogP contribution in [0.3, 0.4) is 0 Å². The fourth-order valence-corrected chi connectivity index (χ4v) is 2.79. The van der Waals surface area contributed by atoms with Gasteiger partial charge >= 0.3 is 5.97 Å². The second kappa shape index (κ2) is 6.34. The number of halogens is 1. The fraction of sp³-hybridized carbons (Fsp3) is 0.538. The summed E-state index contributed by atoms with van der Waals surface area (Å²) >= 11 is 3.42. The SMILES string of the molecule is COC(=O)c1ccc(N2CCC(OC)CC2)c(Br)n1. The van der Waals surface area contributed by atoms with E-state index in [2.05, 4.69) is 30.6 Å². The molecule has 0 aromatic carbocycles. The number of esters is 1. The molecule has 6 heteroatoms. The van der Waals surface area contributed by atoms with Crippen molar-refractivity contribution in [1.82, 2.24) is 4.98 Å². The van der Waals surface area contributed by atoms with Crippen LogP contribution in [-0.4, -0.2) is 44.4 Å². The maximum Gasteiger partial charge on any atom is 0.356 e. The molecule has 1 aromatic rings. The largest absolute Gasteiger partial charge is 0.464 e. The molecule has 0 N–H and O–H groups in total. The lowest BCUT2D eigenvalue weighted by atomic mass is 10.1. The Kier molecular flexibility index (Phi) is 4.76.